The lowest BCUT2D eigenvalue weighted by atomic mass is 9.90. The van der Waals surface area contributed by atoms with Crippen LogP contribution in [0.1, 0.15) is 72.1 Å². The minimum Gasteiger partial charge on any atom is -0.348 e. The van der Waals surface area contributed by atoms with Crippen LogP contribution in [0, 0.1) is 16.7 Å². The van der Waals surface area contributed by atoms with Crippen LogP contribution in [0.25, 0.3) is 0 Å². The summed E-state index contributed by atoms with van der Waals surface area (Å²) in [5.74, 6) is -4.09. The number of carbonyl (C=O) groups excluding carboxylic acids is 2. The van der Waals surface area contributed by atoms with E-state index in [0.29, 0.717) is 45.3 Å². The molecule has 0 bridgehead atoms. The summed E-state index contributed by atoms with van der Waals surface area (Å²) in [7, 11) is 0. The number of hydrogen-bond acceptors (Lipinski definition) is 5. The summed E-state index contributed by atoms with van der Waals surface area (Å²) in [4.78, 5) is 24.9. The van der Waals surface area contributed by atoms with Gasteiger partial charge in [0.15, 0.2) is 11.6 Å². The molecule has 3 rings (SSSR count). The summed E-state index contributed by atoms with van der Waals surface area (Å²) >= 11 is 0. The summed E-state index contributed by atoms with van der Waals surface area (Å²) in [6.45, 7) is 1.87. The maximum atomic E-state index is 13.6. The summed E-state index contributed by atoms with van der Waals surface area (Å²) in [6.07, 6.45) is 3.69. The lowest BCUT2D eigenvalue weighted by Gasteiger charge is -2.35. The van der Waals surface area contributed by atoms with Gasteiger partial charge in [0.1, 0.15) is 0 Å². The Morgan fingerprint density at radius 2 is 1.80 bits per heavy atom. The van der Waals surface area contributed by atoms with Crippen molar-refractivity contribution in [3.8, 4) is 6.07 Å². The van der Waals surface area contributed by atoms with Crippen LogP contribution in [-0.2, 0) is 14.3 Å². The molecule has 2 N–H and O–H groups in total. The van der Waals surface area contributed by atoms with Gasteiger partial charge in [0.25, 0.3) is 0 Å². The molecule has 2 saturated carbocycles. The first kappa shape index (κ1) is 24.5. The molecule has 3 aliphatic rings. The maximum Gasteiger partial charge on any atom is 0.315 e. The molecular formula is C21H33F2N3O4. The van der Waals surface area contributed by atoms with Crippen molar-refractivity contribution < 1.29 is 27.8 Å². The lowest BCUT2D eigenvalue weighted by molar-refractivity contribution is -0.179. The van der Waals surface area contributed by atoms with Crippen molar-refractivity contribution in [2.45, 2.75) is 95.9 Å². The molecule has 1 spiro atoms. The van der Waals surface area contributed by atoms with E-state index < -0.39 is 41.4 Å². The fraction of sp³-hybridized carbons (Fsp3) is 0.857. The highest BCUT2D eigenvalue weighted by Gasteiger charge is 2.44. The third-order valence-corrected chi connectivity index (χ3v) is 6.09. The molecule has 3 fully saturated rings. The van der Waals surface area contributed by atoms with Crippen LogP contribution in [0.4, 0.5) is 13.6 Å². The summed E-state index contributed by atoms with van der Waals surface area (Å²) in [5, 5.41) is 14.3. The van der Waals surface area contributed by atoms with E-state index in [4.69, 9.17) is 14.7 Å². The highest BCUT2D eigenvalue weighted by molar-refractivity contribution is 5.88. The molecule has 9 heteroatoms. The van der Waals surface area contributed by atoms with Gasteiger partial charge < -0.3 is 20.1 Å². The van der Waals surface area contributed by atoms with Gasteiger partial charge in [-0.15, -0.1) is 0 Å². The first-order chi connectivity index (χ1) is 13.6. The third-order valence-electron chi connectivity index (χ3n) is 6.09. The zero-order valence-electron chi connectivity index (χ0n) is 16.8. The average molecular weight is 430 g/mol. The zero-order chi connectivity index (χ0) is 21.1. The van der Waals surface area contributed by atoms with Crippen molar-refractivity contribution >= 4 is 11.8 Å². The van der Waals surface area contributed by atoms with Gasteiger partial charge in [0.2, 0.25) is 5.92 Å². The quantitative estimate of drug-likeness (QED) is 0.613. The number of carbonyl (C=O) groups is 2. The predicted molar refractivity (Wildman–Crippen MR) is 106 cm³/mol. The normalized spacial score (nSPS) is 23.1. The first-order valence-corrected chi connectivity index (χ1v) is 10.3. The summed E-state index contributed by atoms with van der Waals surface area (Å²) < 4.78 is 38.4. The Labute approximate surface area is 176 Å². The Morgan fingerprint density at radius 1 is 1.20 bits per heavy atom. The molecule has 0 radical (unpaired) electrons. The molecule has 1 unspecified atom stereocenters. The molecule has 2 amide bonds. The number of hydrogen-bond donors (Lipinski definition) is 2. The largest absolute Gasteiger partial charge is 0.348 e. The van der Waals surface area contributed by atoms with Gasteiger partial charge in [-0.05, 0) is 39.0 Å². The average Bonchev–Trinajstić information content (AvgIpc) is 3.31. The van der Waals surface area contributed by atoms with Gasteiger partial charge in [0.05, 0.1) is 30.7 Å². The van der Waals surface area contributed by atoms with E-state index in [2.05, 4.69) is 16.7 Å². The highest BCUT2D eigenvalue weighted by atomic mass is 19.3. The maximum absolute atomic E-state index is 13.6. The number of amides is 2. The molecule has 0 aromatic carbocycles. The minimum atomic E-state index is -3.09. The van der Waals surface area contributed by atoms with Crippen molar-refractivity contribution in [2.75, 3.05) is 13.2 Å². The molecule has 1 saturated heterocycles. The van der Waals surface area contributed by atoms with Crippen molar-refractivity contribution in [1.82, 2.24) is 10.6 Å². The number of rotatable bonds is 8. The monoisotopic (exact) mass is 429 g/mol. The molecule has 1 aliphatic heterocycles. The van der Waals surface area contributed by atoms with E-state index in [1.54, 1.807) is 0 Å². The third kappa shape index (κ3) is 6.61. The number of nitriles is 1. The topological polar surface area (TPSA) is 100 Å². The van der Waals surface area contributed by atoms with Gasteiger partial charge >= 0.3 is 6.03 Å². The van der Waals surface area contributed by atoms with Crippen molar-refractivity contribution in [2.24, 2.45) is 5.41 Å². The first-order valence-electron chi connectivity index (χ1n) is 10.3. The number of ether oxygens (including phenoxy) is 2. The minimum absolute atomic E-state index is 0. The van der Waals surface area contributed by atoms with Crippen LogP contribution in [0.3, 0.4) is 0 Å². The molecule has 30 heavy (non-hydrogen) atoms. The van der Waals surface area contributed by atoms with Crippen molar-refractivity contribution in [1.29, 1.82) is 5.26 Å². The van der Waals surface area contributed by atoms with Crippen LogP contribution in [0.2, 0.25) is 0 Å². The second kappa shape index (κ2) is 9.56. The van der Waals surface area contributed by atoms with E-state index in [1.807, 2.05) is 0 Å². The fourth-order valence-electron chi connectivity index (χ4n) is 4.08. The molecule has 0 aromatic rings. The molecule has 7 nitrogen and oxygen atoms in total. The SMILES string of the molecule is C.CC(F)(F)CC(NC(=O)NC1CCC2(CC1)OCCO2)C(=O)CCC1(C#N)CC1. The van der Waals surface area contributed by atoms with Gasteiger partial charge in [-0.3, -0.25) is 4.79 Å². The second-order valence-electron chi connectivity index (χ2n) is 8.69. The number of halogens is 2. The van der Waals surface area contributed by atoms with E-state index >= 15 is 0 Å². The molecule has 1 heterocycles. The zero-order valence-corrected chi connectivity index (χ0v) is 16.8. The smallest absolute Gasteiger partial charge is 0.315 e. The van der Waals surface area contributed by atoms with E-state index in [1.165, 1.54) is 0 Å². The number of alkyl halides is 2. The molecule has 0 aromatic heterocycles. The van der Waals surface area contributed by atoms with Crippen LogP contribution < -0.4 is 10.6 Å². The van der Waals surface area contributed by atoms with Crippen molar-refractivity contribution in [3.63, 3.8) is 0 Å². The number of nitrogens with zero attached hydrogens (tertiary/aromatic N) is 1. The molecule has 1 atom stereocenters. The fourth-order valence-corrected chi connectivity index (χ4v) is 4.08. The molecule has 170 valence electrons. The number of Topliss-reactive ketones (excluding diaryl/α,β-unsaturated/α-hetero) is 1. The second-order valence-corrected chi connectivity index (χ2v) is 8.69. The molecule has 2 aliphatic carbocycles. The van der Waals surface area contributed by atoms with Gasteiger partial charge in [-0.25, -0.2) is 13.6 Å². The van der Waals surface area contributed by atoms with Gasteiger partial charge in [0, 0.05) is 31.7 Å². The Morgan fingerprint density at radius 3 is 2.30 bits per heavy atom. The van der Waals surface area contributed by atoms with E-state index in [-0.39, 0.29) is 19.9 Å². The van der Waals surface area contributed by atoms with Crippen LogP contribution in [-0.4, -0.2) is 48.8 Å². The highest BCUT2D eigenvalue weighted by Crippen LogP contribution is 2.49. The Kier molecular flexibility index (Phi) is 7.80. The number of ketones is 1. The Bertz CT molecular complexity index is 654. The Balaban J connectivity index is 0.00000320. The van der Waals surface area contributed by atoms with Crippen LogP contribution in [0.5, 0.6) is 0 Å². The van der Waals surface area contributed by atoms with E-state index in [0.717, 1.165) is 19.8 Å². The van der Waals surface area contributed by atoms with Gasteiger partial charge in [-0.1, -0.05) is 7.43 Å². The van der Waals surface area contributed by atoms with Crippen molar-refractivity contribution in [3.05, 3.63) is 0 Å². The number of urea groups is 1. The standard InChI is InChI=1S/C20H29F2N3O4.CH4/c1-18(21,22)12-15(16(26)4-5-19(13-23)8-9-19)25-17(27)24-14-2-6-20(7-3-14)28-10-11-29-20;/h14-15H,2-12H2,1H3,(H2,24,25,27);1H4. The lowest BCUT2D eigenvalue weighted by Crippen LogP contribution is -2.52. The Hall–Kier alpha value is -1.79. The summed E-state index contributed by atoms with van der Waals surface area (Å²) in [5.41, 5.74) is -0.486. The molecular weight excluding hydrogens is 396 g/mol. The summed E-state index contributed by atoms with van der Waals surface area (Å²) in [6, 6.07) is 0.166. The van der Waals surface area contributed by atoms with Crippen LogP contribution in [0.15, 0.2) is 0 Å². The predicted octanol–water partition coefficient (Wildman–Crippen LogP) is 3.67. The van der Waals surface area contributed by atoms with E-state index in [9.17, 15) is 18.4 Å². The number of nitrogens with one attached hydrogen (secondary N) is 2. The van der Waals surface area contributed by atoms with Crippen LogP contribution >= 0.6 is 0 Å². The van der Waals surface area contributed by atoms with Gasteiger partial charge in [-0.2, -0.15) is 5.26 Å².